The fourth-order valence-electron chi connectivity index (χ4n) is 1.50. The van der Waals surface area contributed by atoms with E-state index in [1.165, 1.54) is 0 Å². The van der Waals surface area contributed by atoms with Gasteiger partial charge in [0.1, 0.15) is 0 Å². The third-order valence-electron chi connectivity index (χ3n) is 2.69. The summed E-state index contributed by atoms with van der Waals surface area (Å²) in [6.45, 7) is 8.58. The van der Waals surface area contributed by atoms with Gasteiger partial charge in [-0.1, -0.05) is 20.8 Å². The molecule has 0 N–H and O–H groups in total. The van der Waals surface area contributed by atoms with Crippen molar-refractivity contribution in [2.45, 2.75) is 59.0 Å². The molecule has 1 saturated heterocycles. The molecule has 72 valence electrons. The molecule has 1 fully saturated rings. The zero-order valence-corrected chi connectivity index (χ0v) is 8.54. The normalized spacial score (nSPS) is 38.5. The van der Waals surface area contributed by atoms with Gasteiger partial charge in [-0.25, -0.2) is 0 Å². The molecule has 12 heavy (non-hydrogen) atoms. The van der Waals surface area contributed by atoms with Gasteiger partial charge in [0.25, 0.3) is 0 Å². The molecule has 1 rings (SSSR count). The Kier molecular flexibility index (Phi) is 3.53. The highest BCUT2D eigenvalue weighted by Gasteiger charge is 2.33. The van der Waals surface area contributed by atoms with Crippen LogP contribution in [-0.2, 0) is 9.47 Å². The van der Waals surface area contributed by atoms with Gasteiger partial charge in [0, 0.05) is 5.92 Å². The average Bonchev–Trinajstić information content (AvgIpc) is 2.45. The lowest BCUT2D eigenvalue weighted by Gasteiger charge is -2.16. The molecule has 0 radical (unpaired) electrons. The maximum absolute atomic E-state index is 5.75. The van der Waals surface area contributed by atoms with E-state index in [2.05, 4.69) is 27.7 Å². The molecule has 4 atom stereocenters. The van der Waals surface area contributed by atoms with Gasteiger partial charge in [-0.3, -0.25) is 0 Å². The summed E-state index contributed by atoms with van der Waals surface area (Å²) >= 11 is 0. The first-order chi connectivity index (χ1) is 5.69. The van der Waals surface area contributed by atoms with Gasteiger partial charge in [-0.2, -0.15) is 0 Å². The van der Waals surface area contributed by atoms with Gasteiger partial charge in [0.2, 0.25) is 0 Å². The van der Waals surface area contributed by atoms with Crippen LogP contribution >= 0.6 is 0 Å². The quantitative estimate of drug-likeness (QED) is 0.651. The van der Waals surface area contributed by atoms with Crippen molar-refractivity contribution in [3.8, 4) is 0 Å². The second kappa shape index (κ2) is 4.24. The summed E-state index contributed by atoms with van der Waals surface area (Å²) in [6, 6.07) is 0. The third kappa shape index (κ3) is 1.99. The van der Waals surface area contributed by atoms with Crippen LogP contribution in [0.3, 0.4) is 0 Å². The zero-order valence-electron chi connectivity index (χ0n) is 8.54. The molecule has 1 aliphatic rings. The first-order valence-corrected chi connectivity index (χ1v) is 4.99. The Balaban J connectivity index is 2.42. The van der Waals surface area contributed by atoms with E-state index in [-0.39, 0.29) is 12.4 Å². The number of hydrogen-bond acceptors (Lipinski definition) is 2. The molecule has 0 aromatic heterocycles. The van der Waals surface area contributed by atoms with Crippen molar-refractivity contribution in [2.24, 2.45) is 5.92 Å². The van der Waals surface area contributed by atoms with E-state index in [1.54, 1.807) is 0 Å². The number of hydrogen-bond donors (Lipinski definition) is 0. The second-order valence-electron chi connectivity index (χ2n) is 3.68. The van der Waals surface area contributed by atoms with E-state index in [1.807, 2.05) is 0 Å². The SMILES string of the molecule is CCC(C)[C@@H]1O[C@@H](C)[C@H](CC)O1. The molecular formula is C10H20O2. The summed E-state index contributed by atoms with van der Waals surface area (Å²) in [5, 5.41) is 0. The first kappa shape index (κ1) is 10.0. The molecule has 1 unspecified atom stereocenters. The smallest absolute Gasteiger partial charge is 0.161 e. The molecule has 0 aromatic rings. The van der Waals surface area contributed by atoms with Gasteiger partial charge in [0.15, 0.2) is 6.29 Å². The number of rotatable bonds is 3. The minimum Gasteiger partial charge on any atom is -0.347 e. The molecule has 2 nitrogen and oxygen atoms in total. The standard InChI is InChI=1S/C10H20O2/c1-5-7(3)10-11-8(4)9(6-2)12-10/h7-10H,5-6H2,1-4H3/t7?,8-,9-,10+/m0/s1. The van der Waals surface area contributed by atoms with Crippen molar-refractivity contribution >= 4 is 0 Å². The van der Waals surface area contributed by atoms with Crippen LogP contribution in [-0.4, -0.2) is 18.5 Å². The third-order valence-corrected chi connectivity index (χ3v) is 2.69. The lowest BCUT2D eigenvalue weighted by Crippen LogP contribution is -2.19. The summed E-state index contributed by atoms with van der Waals surface area (Å²) in [5.74, 6) is 0.518. The monoisotopic (exact) mass is 172 g/mol. The maximum atomic E-state index is 5.75. The second-order valence-corrected chi connectivity index (χ2v) is 3.68. The Bertz CT molecular complexity index is 136. The Hall–Kier alpha value is -0.0800. The van der Waals surface area contributed by atoms with Crippen LogP contribution in [0.1, 0.15) is 40.5 Å². The fourth-order valence-corrected chi connectivity index (χ4v) is 1.50. The highest BCUT2D eigenvalue weighted by atomic mass is 16.7. The Morgan fingerprint density at radius 3 is 2.33 bits per heavy atom. The van der Waals surface area contributed by atoms with Crippen molar-refractivity contribution in [3.63, 3.8) is 0 Å². The molecule has 1 aliphatic heterocycles. The molecule has 0 saturated carbocycles. The van der Waals surface area contributed by atoms with Crippen LogP contribution in [0.25, 0.3) is 0 Å². The van der Waals surface area contributed by atoms with Crippen LogP contribution < -0.4 is 0 Å². The fraction of sp³-hybridized carbons (Fsp3) is 1.00. The summed E-state index contributed by atoms with van der Waals surface area (Å²) < 4.78 is 11.4. The molecule has 0 spiro atoms. The maximum Gasteiger partial charge on any atom is 0.161 e. The largest absolute Gasteiger partial charge is 0.347 e. The summed E-state index contributed by atoms with van der Waals surface area (Å²) in [5.41, 5.74) is 0. The molecule has 1 heterocycles. The first-order valence-electron chi connectivity index (χ1n) is 4.99. The average molecular weight is 172 g/mol. The van der Waals surface area contributed by atoms with Crippen LogP contribution in [0.2, 0.25) is 0 Å². The van der Waals surface area contributed by atoms with Gasteiger partial charge in [0.05, 0.1) is 12.2 Å². The van der Waals surface area contributed by atoms with E-state index in [0.717, 1.165) is 12.8 Å². The van der Waals surface area contributed by atoms with Crippen LogP contribution in [0.15, 0.2) is 0 Å². The van der Waals surface area contributed by atoms with Gasteiger partial charge >= 0.3 is 0 Å². The van der Waals surface area contributed by atoms with E-state index >= 15 is 0 Å². The minimum absolute atomic E-state index is 0.0370. The van der Waals surface area contributed by atoms with E-state index < -0.39 is 0 Å². The summed E-state index contributed by atoms with van der Waals surface area (Å²) in [6.07, 6.45) is 2.79. The molecule has 2 heteroatoms. The highest BCUT2D eigenvalue weighted by Crippen LogP contribution is 2.27. The van der Waals surface area contributed by atoms with Crippen LogP contribution in [0, 0.1) is 5.92 Å². The van der Waals surface area contributed by atoms with E-state index in [0.29, 0.717) is 12.0 Å². The van der Waals surface area contributed by atoms with Crippen LogP contribution in [0.5, 0.6) is 0 Å². The Morgan fingerprint density at radius 2 is 1.92 bits per heavy atom. The van der Waals surface area contributed by atoms with Gasteiger partial charge in [-0.05, 0) is 19.8 Å². The molecule has 0 bridgehead atoms. The van der Waals surface area contributed by atoms with E-state index in [9.17, 15) is 0 Å². The van der Waals surface area contributed by atoms with Crippen LogP contribution in [0.4, 0.5) is 0 Å². The predicted molar refractivity (Wildman–Crippen MR) is 49.0 cm³/mol. The highest BCUT2D eigenvalue weighted by molar-refractivity contribution is 4.74. The molecular weight excluding hydrogens is 152 g/mol. The number of ether oxygens (including phenoxy) is 2. The predicted octanol–water partition coefficient (Wildman–Crippen LogP) is 2.57. The molecule has 0 aromatic carbocycles. The zero-order chi connectivity index (χ0) is 9.14. The Morgan fingerprint density at radius 1 is 1.25 bits per heavy atom. The molecule has 0 aliphatic carbocycles. The van der Waals surface area contributed by atoms with Crippen molar-refractivity contribution < 1.29 is 9.47 Å². The van der Waals surface area contributed by atoms with Crippen molar-refractivity contribution in [1.82, 2.24) is 0 Å². The van der Waals surface area contributed by atoms with Crippen molar-refractivity contribution in [3.05, 3.63) is 0 Å². The molecule has 0 amide bonds. The van der Waals surface area contributed by atoms with Gasteiger partial charge in [-0.15, -0.1) is 0 Å². The van der Waals surface area contributed by atoms with E-state index in [4.69, 9.17) is 9.47 Å². The van der Waals surface area contributed by atoms with Crippen molar-refractivity contribution in [2.75, 3.05) is 0 Å². The summed E-state index contributed by atoms with van der Waals surface area (Å²) in [7, 11) is 0. The Labute approximate surface area is 75.2 Å². The summed E-state index contributed by atoms with van der Waals surface area (Å²) in [4.78, 5) is 0. The van der Waals surface area contributed by atoms with Crippen molar-refractivity contribution in [1.29, 1.82) is 0 Å². The lowest BCUT2D eigenvalue weighted by molar-refractivity contribution is -0.0990. The van der Waals surface area contributed by atoms with Gasteiger partial charge < -0.3 is 9.47 Å². The topological polar surface area (TPSA) is 18.5 Å². The lowest BCUT2D eigenvalue weighted by atomic mass is 10.1. The minimum atomic E-state index is 0.0370.